The fourth-order valence-corrected chi connectivity index (χ4v) is 2.09. The lowest BCUT2D eigenvalue weighted by molar-refractivity contribution is 0.282. The standard InChI is InChI=1S/C14H13N3O/c1-17-14-11(8-15-17)7-12(9-18)13(16-14)10-5-3-2-4-6-10/h2-8,18H,9H2,1H3. The zero-order chi connectivity index (χ0) is 12.5. The number of aryl methyl sites for hydroxylation is 1. The van der Waals surface area contributed by atoms with Gasteiger partial charge in [-0.05, 0) is 6.07 Å². The second-order valence-corrected chi connectivity index (χ2v) is 4.20. The molecule has 0 saturated carbocycles. The van der Waals surface area contributed by atoms with E-state index in [-0.39, 0.29) is 6.61 Å². The molecular weight excluding hydrogens is 226 g/mol. The van der Waals surface area contributed by atoms with E-state index in [4.69, 9.17) is 0 Å². The van der Waals surface area contributed by atoms with Crippen molar-refractivity contribution in [1.82, 2.24) is 14.8 Å². The number of fused-ring (bicyclic) bond motifs is 1. The van der Waals surface area contributed by atoms with Gasteiger partial charge < -0.3 is 5.11 Å². The summed E-state index contributed by atoms with van der Waals surface area (Å²) in [7, 11) is 1.86. The molecule has 2 aromatic heterocycles. The van der Waals surface area contributed by atoms with Crippen LogP contribution in [0.15, 0.2) is 42.6 Å². The first-order valence-corrected chi connectivity index (χ1v) is 5.77. The van der Waals surface area contributed by atoms with Gasteiger partial charge in [-0.1, -0.05) is 30.3 Å². The summed E-state index contributed by atoms with van der Waals surface area (Å²) in [5.41, 5.74) is 3.46. The highest BCUT2D eigenvalue weighted by atomic mass is 16.3. The molecule has 0 saturated heterocycles. The van der Waals surface area contributed by atoms with Crippen molar-refractivity contribution in [2.45, 2.75) is 6.61 Å². The van der Waals surface area contributed by atoms with E-state index in [0.29, 0.717) is 0 Å². The van der Waals surface area contributed by atoms with Crippen LogP contribution in [-0.2, 0) is 13.7 Å². The maximum atomic E-state index is 9.48. The summed E-state index contributed by atoms with van der Waals surface area (Å²) >= 11 is 0. The minimum atomic E-state index is -0.0257. The van der Waals surface area contributed by atoms with Crippen molar-refractivity contribution in [3.05, 3.63) is 48.2 Å². The molecule has 0 atom stereocenters. The third-order valence-electron chi connectivity index (χ3n) is 3.00. The van der Waals surface area contributed by atoms with Gasteiger partial charge in [-0.25, -0.2) is 4.98 Å². The molecule has 1 N–H and O–H groups in total. The molecule has 18 heavy (non-hydrogen) atoms. The van der Waals surface area contributed by atoms with Crippen molar-refractivity contribution in [3.8, 4) is 11.3 Å². The van der Waals surface area contributed by atoms with Gasteiger partial charge in [0.05, 0.1) is 18.5 Å². The number of aliphatic hydroxyl groups excluding tert-OH is 1. The van der Waals surface area contributed by atoms with Crippen LogP contribution in [0.2, 0.25) is 0 Å². The van der Waals surface area contributed by atoms with Gasteiger partial charge in [0.15, 0.2) is 5.65 Å². The van der Waals surface area contributed by atoms with Crippen molar-refractivity contribution >= 4 is 11.0 Å². The molecule has 0 aliphatic carbocycles. The van der Waals surface area contributed by atoms with Gasteiger partial charge in [-0.2, -0.15) is 5.10 Å². The number of aromatic nitrogens is 3. The first-order chi connectivity index (χ1) is 8.79. The number of hydrogen-bond donors (Lipinski definition) is 1. The van der Waals surface area contributed by atoms with Crippen LogP contribution in [0.3, 0.4) is 0 Å². The Morgan fingerprint density at radius 1 is 1.22 bits per heavy atom. The smallest absolute Gasteiger partial charge is 0.158 e. The van der Waals surface area contributed by atoms with Crippen LogP contribution < -0.4 is 0 Å². The van der Waals surface area contributed by atoms with E-state index in [1.165, 1.54) is 0 Å². The lowest BCUT2D eigenvalue weighted by Gasteiger charge is -2.07. The Bertz CT molecular complexity index is 689. The predicted molar refractivity (Wildman–Crippen MR) is 69.9 cm³/mol. The minimum Gasteiger partial charge on any atom is -0.392 e. The third kappa shape index (κ3) is 1.67. The Morgan fingerprint density at radius 2 is 2.00 bits per heavy atom. The average Bonchev–Trinajstić information content (AvgIpc) is 2.79. The Balaban J connectivity index is 2.29. The summed E-state index contributed by atoms with van der Waals surface area (Å²) in [6, 6.07) is 11.8. The highest BCUT2D eigenvalue weighted by molar-refractivity contribution is 5.80. The highest BCUT2D eigenvalue weighted by Crippen LogP contribution is 2.25. The van der Waals surface area contributed by atoms with Crippen LogP contribution in [0.25, 0.3) is 22.3 Å². The Hall–Kier alpha value is -2.20. The van der Waals surface area contributed by atoms with E-state index in [0.717, 1.165) is 27.9 Å². The fraction of sp³-hybridized carbons (Fsp3) is 0.143. The molecule has 0 amide bonds. The first kappa shape index (κ1) is 10.9. The second kappa shape index (κ2) is 4.23. The van der Waals surface area contributed by atoms with Gasteiger partial charge in [0, 0.05) is 23.6 Å². The van der Waals surface area contributed by atoms with E-state index in [1.807, 2.05) is 43.4 Å². The normalized spacial score (nSPS) is 11.0. The van der Waals surface area contributed by atoms with E-state index >= 15 is 0 Å². The quantitative estimate of drug-likeness (QED) is 0.745. The summed E-state index contributed by atoms with van der Waals surface area (Å²) in [6.07, 6.45) is 1.76. The van der Waals surface area contributed by atoms with Gasteiger partial charge in [0.1, 0.15) is 0 Å². The number of benzene rings is 1. The molecule has 1 aromatic carbocycles. The van der Waals surface area contributed by atoms with Crippen LogP contribution in [0, 0.1) is 0 Å². The number of aliphatic hydroxyl groups is 1. The molecule has 2 heterocycles. The van der Waals surface area contributed by atoms with Gasteiger partial charge >= 0.3 is 0 Å². The van der Waals surface area contributed by atoms with Crippen molar-refractivity contribution < 1.29 is 5.11 Å². The average molecular weight is 239 g/mol. The van der Waals surface area contributed by atoms with Crippen LogP contribution in [0.4, 0.5) is 0 Å². The summed E-state index contributed by atoms with van der Waals surface area (Å²) in [6.45, 7) is -0.0257. The van der Waals surface area contributed by atoms with Gasteiger partial charge in [0.25, 0.3) is 0 Å². The molecule has 0 bridgehead atoms. The lowest BCUT2D eigenvalue weighted by atomic mass is 10.1. The number of hydrogen-bond acceptors (Lipinski definition) is 3. The molecule has 0 spiro atoms. The number of pyridine rings is 1. The van der Waals surface area contributed by atoms with Crippen LogP contribution in [-0.4, -0.2) is 19.9 Å². The van der Waals surface area contributed by atoms with Crippen molar-refractivity contribution in [3.63, 3.8) is 0 Å². The van der Waals surface area contributed by atoms with Crippen molar-refractivity contribution in [2.75, 3.05) is 0 Å². The molecule has 0 radical (unpaired) electrons. The maximum Gasteiger partial charge on any atom is 0.158 e. The lowest BCUT2D eigenvalue weighted by Crippen LogP contribution is -1.97. The molecule has 0 aliphatic heterocycles. The predicted octanol–water partition coefficient (Wildman–Crippen LogP) is 2.13. The topological polar surface area (TPSA) is 50.9 Å². The van der Waals surface area contributed by atoms with E-state index in [2.05, 4.69) is 10.1 Å². The third-order valence-corrected chi connectivity index (χ3v) is 3.00. The largest absolute Gasteiger partial charge is 0.392 e. The number of nitrogens with zero attached hydrogens (tertiary/aromatic N) is 3. The fourth-order valence-electron chi connectivity index (χ4n) is 2.09. The molecule has 4 heteroatoms. The number of rotatable bonds is 2. The molecular formula is C14H13N3O. The molecule has 3 aromatic rings. The Morgan fingerprint density at radius 3 is 2.72 bits per heavy atom. The first-order valence-electron chi connectivity index (χ1n) is 5.77. The summed E-state index contributed by atoms with van der Waals surface area (Å²) < 4.78 is 1.74. The monoisotopic (exact) mass is 239 g/mol. The van der Waals surface area contributed by atoms with Gasteiger partial charge in [-0.15, -0.1) is 0 Å². The maximum absolute atomic E-state index is 9.48. The molecule has 4 nitrogen and oxygen atoms in total. The molecule has 0 unspecified atom stereocenters. The van der Waals surface area contributed by atoms with Crippen molar-refractivity contribution in [1.29, 1.82) is 0 Å². The molecule has 0 aliphatic rings. The molecule has 3 rings (SSSR count). The Labute approximate surface area is 105 Å². The zero-order valence-electron chi connectivity index (χ0n) is 10.0. The highest BCUT2D eigenvalue weighted by Gasteiger charge is 2.10. The zero-order valence-corrected chi connectivity index (χ0v) is 10.0. The Kier molecular flexibility index (Phi) is 2.57. The van der Waals surface area contributed by atoms with Crippen LogP contribution >= 0.6 is 0 Å². The minimum absolute atomic E-state index is 0.0257. The van der Waals surface area contributed by atoms with E-state index in [9.17, 15) is 5.11 Å². The summed E-state index contributed by atoms with van der Waals surface area (Å²) in [5.74, 6) is 0. The van der Waals surface area contributed by atoms with Crippen LogP contribution in [0.5, 0.6) is 0 Å². The van der Waals surface area contributed by atoms with Gasteiger partial charge in [-0.3, -0.25) is 4.68 Å². The van der Waals surface area contributed by atoms with E-state index in [1.54, 1.807) is 10.9 Å². The summed E-state index contributed by atoms with van der Waals surface area (Å²) in [4.78, 5) is 4.62. The second-order valence-electron chi connectivity index (χ2n) is 4.20. The molecule has 90 valence electrons. The van der Waals surface area contributed by atoms with Crippen molar-refractivity contribution in [2.24, 2.45) is 7.05 Å². The summed E-state index contributed by atoms with van der Waals surface area (Å²) in [5, 5.41) is 14.6. The van der Waals surface area contributed by atoms with Gasteiger partial charge in [0.2, 0.25) is 0 Å². The van der Waals surface area contributed by atoms with E-state index < -0.39 is 0 Å². The molecule has 0 fully saturated rings. The SMILES string of the molecule is Cn1ncc2cc(CO)c(-c3ccccc3)nc21. The van der Waals surface area contributed by atoms with Crippen LogP contribution in [0.1, 0.15) is 5.56 Å².